The Morgan fingerprint density at radius 2 is 1.50 bits per heavy atom. The van der Waals surface area contributed by atoms with Crippen molar-refractivity contribution in [3.05, 3.63) is 18.5 Å². The van der Waals surface area contributed by atoms with Crippen LogP contribution in [0, 0.1) is 0 Å². The van der Waals surface area contributed by atoms with Gasteiger partial charge in [0, 0.05) is 50.9 Å². The van der Waals surface area contributed by atoms with Gasteiger partial charge in [0.25, 0.3) is 0 Å². The molecule has 2 aliphatic rings. The molecule has 0 atom stereocenters. The van der Waals surface area contributed by atoms with Gasteiger partial charge in [-0.2, -0.15) is 0 Å². The molecule has 0 aliphatic carbocycles. The molecule has 7 heteroatoms. The summed E-state index contributed by atoms with van der Waals surface area (Å²) in [5, 5.41) is 1.29. The van der Waals surface area contributed by atoms with E-state index < -0.39 is 6.34 Å². The molecule has 0 saturated carbocycles. The first-order valence-electron chi connectivity index (χ1n) is 7.10. The van der Waals surface area contributed by atoms with Gasteiger partial charge in [-0.05, 0) is 6.07 Å². The van der Waals surface area contributed by atoms with Crippen LogP contribution in [-0.2, 0) is 28.3 Å². The fourth-order valence-electron chi connectivity index (χ4n) is 2.82. The predicted molar refractivity (Wildman–Crippen MR) is 84.1 cm³/mol. The first-order valence-corrected chi connectivity index (χ1v) is 9.81. The molecule has 0 unspecified atom stereocenters. The molecule has 3 rings (SSSR count). The Kier molecular flexibility index (Phi) is 4.60. The average molecular weight is 315 g/mol. The number of hydrogen-bond donors (Lipinski definition) is 0. The zero-order chi connectivity index (χ0) is 14.0. The molecule has 0 N–H and O–H groups in total. The van der Waals surface area contributed by atoms with Gasteiger partial charge >= 0.3 is 0 Å². The molecule has 1 aromatic rings. The lowest BCUT2D eigenvalue weighted by Gasteiger charge is -2.45. The molecule has 0 aromatic carbocycles. The van der Waals surface area contributed by atoms with Crippen LogP contribution < -0.4 is 5.30 Å². The van der Waals surface area contributed by atoms with Crippen molar-refractivity contribution >= 4 is 23.5 Å². The maximum absolute atomic E-state index is 6.26. The topological polar surface area (TPSA) is 29.9 Å². The van der Waals surface area contributed by atoms with Crippen molar-refractivity contribution in [2.45, 2.75) is 0 Å². The monoisotopic (exact) mass is 315 g/mol. The van der Waals surface area contributed by atoms with E-state index in [0.717, 1.165) is 52.6 Å². The van der Waals surface area contributed by atoms with Crippen LogP contribution in [0.4, 0.5) is 0 Å². The third-order valence-electron chi connectivity index (χ3n) is 3.89. The molecular weight excluding hydrogens is 293 g/mol. The van der Waals surface area contributed by atoms with E-state index in [0.29, 0.717) is 0 Å². The number of aromatic nitrogens is 1. The van der Waals surface area contributed by atoms with Gasteiger partial charge in [-0.25, -0.2) is 0 Å². The van der Waals surface area contributed by atoms with Crippen LogP contribution in [0.25, 0.3) is 0 Å². The summed E-state index contributed by atoms with van der Waals surface area (Å²) in [6.07, 6.45) is 2.40. The summed E-state index contributed by atoms with van der Waals surface area (Å²) in [4.78, 5) is 0. The Hall–Kier alpha value is -0.230. The minimum absolute atomic E-state index is 0.787. The van der Waals surface area contributed by atoms with Crippen LogP contribution in [-0.4, -0.2) is 66.5 Å². The predicted octanol–water partition coefficient (Wildman–Crippen LogP) is 0.624. The molecule has 112 valence electrons. The van der Waals surface area contributed by atoms with Crippen LogP contribution in [0.1, 0.15) is 0 Å². The summed E-state index contributed by atoms with van der Waals surface area (Å²) in [5.74, 6) is 0. The van der Waals surface area contributed by atoms with Crippen LogP contribution in [0.15, 0.2) is 18.5 Å². The van der Waals surface area contributed by atoms with E-state index in [1.807, 2.05) is 0 Å². The summed E-state index contributed by atoms with van der Waals surface area (Å²) in [6, 6.07) is 2.19. The lowest BCUT2D eigenvalue weighted by atomic mass is 10.5. The smallest absolute Gasteiger partial charge is 0.108 e. The maximum atomic E-state index is 6.26. The van der Waals surface area contributed by atoms with E-state index in [4.69, 9.17) is 21.3 Å². The van der Waals surface area contributed by atoms with E-state index >= 15 is 0 Å². The highest BCUT2D eigenvalue weighted by Gasteiger charge is 2.36. The largest absolute Gasteiger partial charge is 0.379 e. The minimum atomic E-state index is -1.88. The summed E-state index contributed by atoms with van der Waals surface area (Å²) in [7, 11) is 2.06. The number of rotatable bonds is 3. The molecule has 2 fully saturated rings. The Labute approximate surface area is 125 Å². The van der Waals surface area contributed by atoms with Gasteiger partial charge in [-0.1, -0.05) is 11.8 Å². The standard InChI is InChI=1S/C13H22N3O2PS/c1-14-3-2-13(12-14)19(20,15-4-8-17-9-5-15)16-6-10-18-11-7-16/h2-3,12H,4-11H2,1H3. The molecule has 0 spiro atoms. The lowest BCUT2D eigenvalue weighted by Crippen LogP contribution is -2.45. The maximum Gasteiger partial charge on any atom is 0.108 e. The van der Waals surface area contributed by atoms with Gasteiger partial charge in [0.2, 0.25) is 0 Å². The van der Waals surface area contributed by atoms with Crippen molar-refractivity contribution < 1.29 is 9.47 Å². The highest BCUT2D eigenvalue weighted by atomic mass is 32.4. The molecule has 3 heterocycles. The van der Waals surface area contributed by atoms with E-state index in [1.165, 1.54) is 5.30 Å². The first-order chi connectivity index (χ1) is 9.71. The van der Waals surface area contributed by atoms with E-state index in [9.17, 15) is 0 Å². The lowest BCUT2D eigenvalue weighted by molar-refractivity contribution is 0.0589. The molecule has 0 radical (unpaired) electrons. The van der Waals surface area contributed by atoms with Crippen molar-refractivity contribution in [2.24, 2.45) is 7.05 Å². The second-order valence-electron chi connectivity index (χ2n) is 5.21. The Bertz CT molecular complexity index is 474. The van der Waals surface area contributed by atoms with Crippen molar-refractivity contribution in [2.75, 3.05) is 52.6 Å². The van der Waals surface area contributed by atoms with Gasteiger partial charge in [0.15, 0.2) is 0 Å². The van der Waals surface area contributed by atoms with Gasteiger partial charge in [-0.15, -0.1) is 0 Å². The molecule has 2 saturated heterocycles. The molecule has 5 nitrogen and oxygen atoms in total. The van der Waals surface area contributed by atoms with Crippen LogP contribution in [0.2, 0.25) is 0 Å². The van der Waals surface area contributed by atoms with Crippen molar-refractivity contribution in [1.29, 1.82) is 0 Å². The first kappa shape index (κ1) is 14.7. The summed E-state index contributed by atoms with van der Waals surface area (Å²) < 4.78 is 18.1. The van der Waals surface area contributed by atoms with Crippen molar-refractivity contribution in [3.8, 4) is 0 Å². The number of hydrogen-bond acceptors (Lipinski definition) is 3. The third-order valence-corrected chi connectivity index (χ3v) is 9.18. The number of ether oxygens (including phenoxy) is 2. The quantitative estimate of drug-likeness (QED) is 0.763. The van der Waals surface area contributed by atoms with E-state index in [-0.39, 0.29) is 0 Å². The molecule has 20 heavy (non-hydrogen) atoms. The highest BCUT2D eigenvalue weighted by molar-refractivity contribution is 8.15. The number of aryl methyl sites for hydroxylation is 1. The highest BCUT2D eigenvalue weighted by Crippen LogP contribution is 2.53. The van der Waals surface area contributed by atoms with Crippen molar-refractivity contribution in [3.63, 3.8) is 0 Å². The van der Waals surface area contributed by atoms with Gasteiger partial charge < -0.3 is 14.0 Å². The molecule has 2 aliphatic heterocycles. The second-order valence-corrected chi connectivity index (χ2v) is 9.47. The Balaban J connectivity index is 1.94. The van der Waals surface area contributed by atoms with Gasteiger partial charge in [-0.3, -0.25) is 9.34 Å². The Morgan fingerprint density at radius 1 is 1.00 bits per heavy atom. The third kappa shape index (κ3) is 2.73. The Morgan fingerprint density at radius 3 is 1.90 bits per heavy atom. The summed E-state index contributed by atoms with van der Waals surface area (Å²) >= 11 is 6.26. The zero-order valence-electron chi connectivity index (χ0n) is 11.9. The van der Waals surface area contributed by atoms with Crippen LogP contribution >= 0.6 is 6.34 Å². The summed E-state index contributed by atoms with van der Waals surface area (Å²) in [6.45, 7) is 6.89. The van der Waals surface area contributed by atoms with Crippen LogP contribution in [0.5, 0.6) is 0 Å². The van der Waals surface area contributed by atoms with Crippen molar-refractivity contribution in [1.82, 2.24) is 13.9 Å². The SMILES string of the molecule is Cn1ccc(P(=S)(N2CCOCC2)N2CCOCC2)c1. The molecule has 0 amide bonds. The number of nitrogens with zero attached hydrogens (tertiary/aromatic N) is 3. The number of morpholine rings is 2. The fraction of sp³-hybridized carbons (Fsp3) is 0.692. The van der Waals surface area contributed by atoms with E-state index in [2.05, 4.69) is 39.4 Å². The summed E-state index contributed by atoms with van der Waals surface area (Å²) in [5.41, 5.74) is 0. The van der Waals surface area contributed by atoms with E-state index in [1.54, 1.807) is 0 Å². The zero-order valence-corrected chi connectivity index (χ0v) is 13.6. The molecule has 0 bridgehead atoms. The average Bonchev–Trinajstić information content (AvgIpc) is 2.95. The van der Waals surface area contributed by atoms with Gasteiger partial charge in [0.1, 0.15) is 6.34 Å². The fourth-order valence-corrected chi connectivity index (χ4v) is 7.14. The molecular formula is C13H22N3O2PS. The van der Waals surface area contributed by atoms with Gasteiger partial charge in [0.05, 0.1) is 26.4 Å². The normalized spacial score (nSPS) is 23.1. The van der Waals surface area contributed by atoms with Crippen LogP contribution in [0.3, 0.4) is 0 Å². The second kappa shape index (κ2) is 6.26. The minimum Gasteiger partial charge on any atom is -0.379 e. The molecule has 1 aromatic heterocycles.